The Morgan fingerprint density at radius 3 is 2.54 bits per heavy atom. The minimum absolute atomic E-state index is 0.0820. The first-order valence-electron chi connectivity index (χ1n) is 8.04. The summed E-state index contributed by atoms with van der Waals surface area (Å²) in [6, 6.07) is 14.9. The SMILES string of the molecule is CCc1ccccc1NC(=O)c1nc2ccccc2n(CC)c1=O. The number of anilines is 1. The Morgan fingerprint density at radius 1 is 1.08 bits per heavy atom. The summed E-state index contributed by atoms with van der Waals surface area (Å²) in [5, 5.41) is 2.82. The van der Waals surface area contributed by atoms with Gasteiger partial charge in [-0.1, -0.05) is 37.3 Å². The van der Waals surface area contributed by atoms with E-state index in [-0.39, 0.29) is 11.3 Å². The van der Waals surface area contributed by atoms with E-state index < -0.39 is 5.91 Å². The number of benzene rings is 2. The number of nitrogens with one attached hydrogen (secondary N) is 1. The summed E-state index contributed by atoms with van der Waals surface area (Å²) in [5.41, 5.74) is 2.64. The molecule has 0 saturated heterocycles. The van der Waals surface area contributed by atoms with Gasteiger partial charge in [-0.3, -0.25) is 9.59 Å². The van der Waals surface area contributed by atoms with Gasteiger partial charge in [0, 0.05) is 12.2 Å². The van der Waals surface area contributed by atoms with Crippen molar-refractivity contribution in [2.45, 2.75) is 26.8 Å². The maximum atomic E-state index is 12.6. The smallest absolute Gasteiger partial charge is 0.282 e. The Bertz CT molecular complexity index is 960. The second-order valence-electron chi connectivity index (χ2n) is 5.46. The van der Waals surface area contributed by atoms with E-state index >= 15 is 0 Å². The predicted molar refractivity (Wildman–Crippen MR) is 95.5 cm³/mol. The van der Waals surface area contributed by atoms with Crippen LogP contribution < -0.4 is 10.9 Å². The Morgan fingerprint density at radius 2 is 1.79 bits per heavy atom. The van der Waals surface area contributed by atoms with Crippen molar-refractivity contribution in [1.82, 2.24) is 9.55 Å². The second kappa shape index (κ2) is 6.66. The molecule has 0 spiro atoms. The maximum absolute atomic E-state index is 12.6. The highest BCUT2D eigenvalue weighted by molar-refractivity contribution is 6.03. The summed E-state index contributed by atoms with van der Waals surface area (Å²) in [4.78, 5) is 29.6. The molecule has 0 radical (unpaired) electrons. The summed E-state index contributed by atoms with van der Waals surface area (Å²) in [5.74, 6) is -0.478. The standard InChI is InChI=1S/C19H19N3O2/c1-3-13-9-5-6-10-14(13)21-18(23)17-19(24)22(4-2)16-12-8-7-11-15(16)20-17/h5-12H,3-4H2,1-2H3,(H,21,23). The molecule has 2 aromatic carbocycles. The van der Waals surface area contributed by atoms with E-state index in [9.17, 15) is 9.59 Å². The molecule has 122 valence electrons. The van der Waals surface area contributed by atoms with E-state index in [4.69, 9.17) is 0 Å². The zero-order valence-corrected chi connectivity index (χ0v) is 13.7. The van der Waals surface area contributed by atoms with Gasteiger partial charge in [0.15, 0.2) is 5.69 Å². The Kier molecular flexibility index (Phi) is 4.42. The fourth-order valence-electron chi connectivity index (χ4n) is 2.79. The minimum atomic E-state index is -0.478. The molecule has 0 unspecified atom stereocenters. The number of para-hydroxylation sites is 3. The average Bonchev–Trinajstić information content (AvgIpc) is 2.61. The van der Waals surface area contributed by atoms with Crippen LogP contribution in [0.1, 0.15) is 29.9 Å². The number of carbonyl (C=O) groups is 1. The third kappa shape index (κ3) is 2.80. The molecule has 0 aliphatic rings. The summed E-state index contributed by atoms with van der Waals surface area (Å²) < 4.78 is 1.57. The molecule has 1 heterocycles. The molecular weight excluding hydrogens is 302 g/mol. The first-order valence-corrected chi connectivity index (χ1v) is 8.04. The van der Waals surface area contributed by atoms with Crippen LogP contribution in [-0.2, 0) is 13.0 Å². The normalized spacial score (nSPS) is 10.8. The van der Waals surface area contributed by atoms with Gasteiger partial charge in [0.25, 0.3) is 11.5 Å². The summed E-state index contributed by atoms with van der Waals surface area (Å²) in [6.45, 7) is 4.37. The van der Waals surface area contributed by atoms with Crippen LogP contribution in [0.2, 0.25) is 0 Å². The summed E-state index contributed by atoms with van der Waals surface area (Å²) in [6.07, 6.45) is 0.792. The molecule has 0 fully saturated rings. The highest BCUT2D eigenvalue weighted by atomic mass is 16.2. The van der Waals surface area contributed by atoms with E-state index in [2.05, 4.69) is 10.3 Å². The van der Waals surface area contributed by atoms with Crippen LogP contribution in [0, 0.1) is 0 Å². The van der Waals surface area contributed by atoms with E-state index in [1.807, 2.05) is 56.3 Å². The van der Waals surface area contributed by atoms with Gasteiger partial charge in [-0.05, 0) is 37.1 Å². The third-order valence-corrected chi connectivity index (χ3v) is 4.03. The van der Waals surface area contributed by atoms with Crippen LogP contribution in [0.5, 0.6) is 0 Å². The van der Waals surface area contributed by atoms with Gasteiger partial charge in [0.2, 0.25) is 0 Å². The van der Waals surface area contributed by atoms with Crippen molar-refractivity contribution in [2.75, 3.05) is 5.32 Å². The zero-order chi connectivity index (χ0) is 17.1. The van der Waals surface area contributed by atoms with Crippen LogP contribution in [0.15, 0.2) is 53.3 Å². The molecule has 1 aromatic heterocycles. The van der Waals surface area contributed by atoms with E-state index in [1.54, 1.807) is 10.6 Å². The van der Waals surface area contributed by atoms with Crippen LogP contribution >= 0.6 is 0 Å². The molecule has 24 heavy (non-hydrogen) atoms. The average molecular weight is 321 g/mol. The summed E-state index contributed by atoms with van der Waals surface area (Å²) in [7, 11) is 0. The molecule has 0 aliphatic carbocycles. The number of amides is 1. The number of hydrogen-bond acceptors (Lipinski definition) is 3. The number of nitrogens with zero attached hydrogens (tertiary/aromatic N) is 2. The van der Waals surface area contributed by atoms with E-state index in [0.29, 0.717) is 17.7 Å². The molecule has 1 amide bonds. The van der Waals surface area contributed by atoms with Crippen LogP contribution in [0.25, 0.3) is 11.0 Å². The largest absolute Gasteiger partial charge is 0.320 e. The molecular formula is C19H19N3O2. The first-order chi connectivity index (χ1) is 11.7. The fourth-order valence-corrected chi connectivity index (χ4v) is 2.79. The maximum Gasteiger partial charge on any atom is 0.282 e. The molecule has 0 atom stereocenters. The lowest BCUT2D eigenvalue weighted by molar-refractivity contribution is 0.102. The summed E-state index contributed by atoms with van der Waals surface area (Å²) >= 11 is 0. The third-order valence-electron chi connectivity index (χ3n) is 4.03. The molecule has 0 saturated carbocycles. The van der Waals surface area contributed by atoms with Gasteiger partial charge in [-0.2, -0.15) is 0 Å². The van der Waals surface area contributed by atoms with Gasteiger partial charge in [-0.15, -0.1) is 0 Å². The fraction of sp³-hybridized carbons (Fsp3) is 0.211. The lowest BCUT2D eigenvalue weighted by Gasteiger charge is -2.12. The van der Waals surface area contributed by atoms with E-state index in [1.165, 1.54) is 0 Å². The highest BCUT2D eigenvalue weighted by Crippen LogP contribution is 2.16. The first kappa shape index (κ1) is 15.9. The van der Waals surface area contributed by atoms with Gasteiger partial charge in [0.05, 0.1) is 11.0 Å². The van der Waals surface area contributed by atoms with Crippen molar-refractivity contribution in [2.24, 2.45) is 0 Å². The number of aryl methyl sites for hydroxylation is 2. The monoisotopic (exact) mass is 321 g/mol. The van der Waals surface area contributed by atoms with Gasteiger partial charge < -0.3 is 9.88 Å². The van der Waals surface area contributed by atoms with Gasteiger partial charge in [-0.25, -0.2) is 4.98 Å². The predicted octanol–water partition coefficient (Wildman–Crippen LogP) is 3.23. The van der Waals surface area contributed by atoms with Crippen molar-refractivity contribution in [3.8, 4) is 0 Å². The second-order valence-corrected chi connectivity index (χ2v) is 5.46. The topological polar surface area (TPSA) is 64.0 Å². The van der Waals surface area contributed by atoms with Crippen molar-refractivity contribution >= 4 is 22.6 Å². The quantitative estimate of drug-likeness (QED) is 0.802. The van der Waals surface area contributed by atoms with Crippen LogP contribution in [-0.4, -0.2) is 15.5 Å². The van der Waals surface area contributed by atoms with Gasteiger partial charge in [0.1, 0.15) is 0 Å². The highest BCUT2D eigenvalue weighted by Gasteiger charge is 2.17. The lowest BCUT2D eigenvalue weighted by atomic mass is 10.1. The Balaban J connectivity index is 2.07. The number of fused-ring (bicyclic) bond motifs is 1. The number of hydrogen-bond donors (Lipinski definition) is 1. The number of carbonyl (C=O) groups excluding carboxylic acids is 1. The molecule has 0 bridgehead atoms. The van der Waals surface area contributed by atoms with Gasteiger partial charge >= 0.3 is 0 Å². The Hall–Kier alpha value is -2.95. The van der Waals surface area contributed by atoms with Crippen molar-refractivity contribution < 1.29 is 4.79 Å². The lowest BCUT2D eigenvalue weighted by Crippen LogP contribution is -2.31. The molecule has 1 N–H and O–H groups in total. The number of aromatic nitrogens is 2. The minimum Gasteiger partial charge on any atom is -0.320 e. The molecule has 0 aliphatic heterocycles. The van der Waals surface area contributed by atoms with E-state index in [0.717, 1.165) is 17.5 Å². The number of rotatable bonds is 4. The van der Waals surface area contributed by atoms with Crippen molar-refractivity contribution in [3.05, 3.63) is 70.1 Å². The molecule has 5 heteroatoms. The Labute approximate surface area is 140 Å². The molecule has 3 aromatic rings. The van der Waals surface area contributed by atoms with Crippen LogP contribution in [0.3, 0.4) is 0 Å². The van der Waals surface area contributed by atoms with Crippen molar-refractivity contribution in [3.63, 3.8) is 0 Å². The van der Waals surface area contributed by atoms with Crippen LogP contribution in [0.4, 0.5) is 5.69 Å². The van der Waals surface area contributed by atoms with Crippen molar-refractivity contribution in [1.29, 1.82) is 0 Å². The zero-order valence-electron chi connectivity index (χ0n) is 13.7. The molecule has 3 rings (SSSR count). The molecule has 5 nitrogen and oxygen atoms in total.